The molecule has 0 fully saturated rings. The maximum Gasteiger partial charge on any atom is 0.267 e. The van der Waals surface area contributed by atoms with Crippen molar-refractivity contribution in [3.63, 3.8) is 0 Å². The third kappa shape index (κ3) is 4.51. The number of amides is 1. The molecule has 0 aliphatic heterocycles. The number of hydrogen-bond donors (Lipinski definition) is 2. The van der Waals surface area contributed by atoms with Crippen LogP contribution in [-0.4, -0.2) is 5.91 Å². The molecule has 24 heavy (non-hydrogen) atoms. The van der Waals surface area contributed by atoms with Crippen LogP contribution in [-0.2, 0) is 11.2 Å². The van der Waals surface area contributed by atoms with Crippen LogP contribution in [0.5, 0.6) is 0 Å². The van der Waals surface area contributed by atoms with E-state index in [1.807, 2.05) is 37.3 Å². The van der Waals surface area contributed by atoms with Crippen LogP contribution >= 0.6 is 23.2 Å². The van der Waals surface area contributed by atoms with Crippen molar-refractivity contribution < 1.29 is 4.79 Å². The molecule has 0 saturated carbocycles. The number of aryl methyl sites for hydroxylation is 1. The van der Waals surface area contributed by atoms with E-state index in [-0.39, 0.29) is 5.57 Å². The number of nitrogens with one attached hydrogen (secondary N) is 2. The van der Waals surface area contributed by atoms with Crippen molar-refractivity contribution >= 4 is 40.5 Å². The average Bonchev–Trinajstić information content (AvgIpc) is 2.58. The quantitative estimate of drug-likeness (QED) is 0.582. The van der Waals surface area contributed by atoms with E-state index in [2.05, 4.69) is 10.6 Å². The van der Waals surface area contributed by atoms with Crippen molar-refractivity contribution in [2.45, 2.75) is 13.3 Å². The van der Waals surface area contributed by atoms with Crippen LogP contribution in [0.25, 0.3) is 0 Å². The Morgan fingerprint density at radius 1 is 1.21 bits per heavy atom. The minimum atomic E-state index is -0.553. The fraction of sp³-hybridized carbons (Fsp3) is 0.111. The summed E-state index contributed by atoms with van der Waals surface area (Å²) in [6.45, 7) is 2.03. The molecule has 1 amide bonds. The van der Waals surface area contributed by atoms with Gasteiger partial charge in [0.05, 0.1) is 10.7 Å². The number of nitriles is 1. The van der Waals surface area contributed by atoms with Gasteiger partial charge in [0, 0.05) is 16.9 Å². The van der Waals surface area contributed by atoms with Gasteiger partial charge in [-0.25, -0.2) is 0 Å². The standard InChI is InChI=1S/C18H15Cl2N3O/c1-2-12-5-3-4-6-16(12)22-11-13(10-21)18(24)23-17-8-7-14(19)9-15(17)20/h3-9,11,22H,2H2,1H3,(H,23,24)/b13-11-. The number of halogens is 2. The van der Waals surface area contributed by atoms with E-state index in [1.54, 1.807) is 12.1 Å². The lowest BCUT2D eigenvalue weighted by Crippen LogP contribution is -2.15. The van der Waals surface area contributed by atoms with Crippen molar-refractivity contribution in [2.75, 3.05) is 10.6 Å². The second-order valence-electron chi connectivity index (χ2n) is 4.90. The fourth-order valence-electron chi connectivity index (χ4n) is 2.05. The van der Waals surface area contributed by atoms with E-state index in [1.165, 1.54) is 12.3 Å². The molecule has 0 aromatic heterocycles. The molecular formula is C18H15Cl2N3O. The zero-order valence-electron chi connectivity index (χ0n) is 12.9. The molecule has 2 aromatic carbocycles. The molecule has 0 saturated heterocycles. The summed E-state index contributed by atoms with van der Waals surface area (Å²) in [7, 11) is 0. The second kappa shape index (κ2) is 8.39. The van der Waals surface area contributed by atoms with Gasteiger partial charge in [0.25, 0.3) is 5.91 Å². The van der Waals surface area contributed by atoms with Gasteiger partial charge < -0.3 is 10.6 Å². The predicted molar refractivity (Wildman–Crippen MR) is 98.2 cm³/mol. The number of benzene rings is 2. The molecule has 0 heterocycles. The van der Waals surface area contributed by atoms with E-state index in [4.69, 9.17) is 23.2 Å². The molecule has 0 bridgehead atoms. The highest BCUT2D eigenvalue weighted by atomic mass is 35.5. The van der Waals surface area contributed by atoms with Gasteiger partial charge in [-0.3, -0.25) is 4.79 Å². The lowest BCUT2D eigenvalue weighted by molar-refractivity contribution is -0.112. The topological polar surface area (TPSA) is 64.9 Å². The Morgan fingerprint density at radius 3 is 2.62 bits per heavy atom. The first-order valence-electron chi connectivity index (χ1n) is 7.26. The maximum atomic E-state index is 12.2. The van der Waals surface area contributed by atoms with Gasteiger partial charge in [-0.05, 0) is 36.2 Å². The van der Waals surface area contributed by atoms with Gasteiger partial charge in [-0.2, -0.15) is 5.26 Å². The van der Waals surface area contributed by atoms with Crippen LogP contribution in [0.2, 0.25) is 10.0 Å². The smallest absolute Gasteiger partial charge is 0.267 e. The van der Waals surface area contributed by atoms with Gasteiger partial charge in [0.15, 0.2) is 0 Å². The Kier molecular flexibility index (Phi) is 6.25. The van der Waals surface area contributed by atoms with E-state index < -0.39 is 5.91 Å². The number of hydrogen-bond acceptors (Lipinski definition) is 3. The molecule has 0 aliphatic rings. The number of carbonyl (C=O) groups is 1. The lowest BCUT2D eigenvalue weighted by Gasteiger charge is -2.09. The SMILES string of the molecule is CCc1ccccc1N/C=C(/C#N)C(=O)Nc1ccc(Cl)cc1Cl. The van der Waals surface area contributed by atoms with Crippen LogP contribution in [0.15, 0.2) is 54.2 Å². The van der Waals surface area contributed by atoms with Crippen LogP contribution in [0, 0.1) is 11.3 Å². The Morgan fingerprint density at radius 2 is 1.96 bits per heavy atom. The predicted octanol–water partition coefficient (Wildman–Crippen LogP) is 5.01. The van der Waals surface area contributed by atoms with Crippen molar-refractivity contribution in [3.05, 3.63) is 69.8 Å². The summed E-state index contributed by atoms with van der Waals surface area (Å²) in [5.74, 6) is -0.553. The zero-order valence-corrected chi connectivity index (χ0v) is 14.4. The minimum Gasteiger partial charge on any atom is -0.360 e. The van der Waals surface area contributed by atoms with Gasteiger partial charge >= 0.3 is 0 Å². The monoisotopic (exact) mass is 359 g/mol. The second-order valence-corrected chi connectivity index (χ2v) is 5.75. The molecule has 0 atom stereocenters. The van der Waals surface area contributed by atoms with Gasteiger partial charge in [0.2, 0.25) is 0 Å². The number of rotatable bonds is 5. The van der Waals surface area contributed by atoms with Gasteiger partial charge in [-0.1, -0.05) is 48.3 Å². The third-order valence-corrected chi connectivity index (χ3v) is 3.86. The van der Waals surface area contributed by atoms with Crippen molar-refractivity contribution in [3.8, 4) is 6.07 Å². The van der Waals surface area contributed by atoms with Crippen LogP contribution < -0.4 is 10.6 Å². The third-order valence-electron chi connectivity index (χ3n) is 3.31. The summed E-state index contributed by atoms with van der Waals surface area (Å²) in [5.41, 5.74) is 2.27. The Hall–Kier alpha value is -2.48. The molecule has 6 heteroatoms. The van der Waals surface area contributed by atoms with E-state index in [0.29, 0.717) is 15.7 Å². The summed E-state index contributed by atoms with van der Waals surface area (Å²) in [5, 5.41) is 15.6. The molecule has 0 unspecified atom stereocenters. The number of para-hydroxylation sites is 1. The molecule has 0 aliphatic carbocycles. The van der Waals surface area contributed by atoms with Crippen molar-refractivity contribution in [2.24, 2.45) is 0 Å². The number of nitrogens with zero attached hydrogens (tertiary/aromatic N) is 1. The Balaban J connectivity index is 2.15. The summed E-state index contributed by atoms with van der Waals surface area (Å²) < 4.78 is 0. The summed E-state index contributed by atoms with van der Waals surface area (Å²) in [6.07, 6.45) is 2.22. The largest absolute Gasteiger partial charge is 0.360 e. The number of anilines is 2. The van der Waals surface area contributed by atoms with Gasteiger partial charge in [0.1, 0.15) is 11.6 Å². The summed E-state index contributed by atoms with van der Waals surface area (Å²) in [6, 6.07) is 14.3. The molecular weight excluding hydrogens is 345 g/mol. The maximum absolute atomic E-state index is 12.2. The highest BCUT2D eigenvalue weighted by Crippen LogP contribution is 2.25. The highest BCUT2D eigenvalue weighted by molar-refractivity contribution is 6.36. The first kappa shape index (κ1) is 17.9. The van der Waals surface area contributed by atoms with E-state index in [9.17, 15) is 10.1 Å². The summed E-state index contributed by atoms with van der Waals surface area (Å²) in [4.78, 5) is 12.2. The van der Waals surface area contributed by atoms with E-state index >= 15 is 0 Å². The van der Waals surface area contributed by atoms with Crippen molar-refractivity contribution in [1.29, 1.82) is 5.26 Å². The molecule has 0 spiro atoms. The molecule has 122 valence electrons. The summed E-state index contributed by atoms with van der Waals surface area (Å²) >= 11 is 11.8. The average molecular weight is 360 g/mol. The van der Waals surface area contributed by atoms with Gasteiger partial charge in [-0.15, -0.1) is 0 Å². The molecule has 2 rings (SSSR count). The normalized spacial score (nSPS) is 10.8. The molecule has 2 N–H and O–H groups in total. The van der Waals surface area contributed by atoms with Crippen LogP contribution in [0.1, 0.15) is 12.5 Å². The van der Waals surface area contributed by atoms with E-state index in [0.717, 1.165) is 17.7 Å². The molecule has 0 radical (unpaired) electrons. The highest BCUT2D eigenvalue weighted by Gasteiger charge is 2.11. The first-order valence-corrected chi connectivity index (χ1v) is 8.02. The lowest BCUT2D eigenvalue weighted by atomic mass is 10.1. The number of carbonyl (C=O) groups excluding carboxylic acids is 1. The Labute approximate surface area is 150 Å². The first-order chi connectivity index (χ1) is 11.5. The molecule has 4 nitrogen and oxygen atoms in total. The Bertz CT molecular complexity index is 825. The van der Waals surface area contributed by atoms with Crippen LogP contribution in [0.3, 0.4) is 0 Å². The molecule has 2 aromatic rings. The van der Waals surface area contributed by atoms with Crippen molar-refractivity contribution in [1.82, 2.24) is 0 Å². The minimum absolute atomic E-state index is 0.0630. The van der Waals surface area contributed by atoms with Crippen LogP contribution in [0.4, 0.5) is 11.4 Å². The fourth-order valence-corrected chi connectivity index (χ4v) is 2.50. The zero-order chi connectivity index (χ0) is 17.5.